The molecule has 0 aromatic rings. The topological polar surface area (TPSA) is 95.2 Å². The molecule has 0 aromatic heterocycles. The van der Waals surface area contributed by atoms with Gasteiger partial charge in [0.15, 0.2) is 0 Å². The quantitative estimate of drug-likeness (QED) is 0.455. The van der Waals surface area contributed by atoms with Crippen molar-refractivity contribution in [2.75, 3.05) is 26.2 Å². The van der Waals surface area contributed by atoms with Gasteiger partial charge in [0.05, 0.1) is 0 Å². The van der Waals surface area contributed by atoms with Crippen LogP contribution in [0, 0.1) is 0 Å². The molecule has 0 aliphatic rings. The van der Waals surface area contributed by atoms with Crippen LogP contribution < -0.4 is 0 Å². The van der Waals surface area contributed by atoms with Gasteiger partial charge in [-0.25, -0.2) is 0 Å². The molecule has 0 saturated carbocycles. The Kier molecular flexibility index (Phi) is 33.0. The Bertz CT molecular complexity index is 65.8. The molecule has 0 atom stereocenters. The maximum atomic E-state index is 6.72. The molecule has 4 N–H and O–H groups in total. The molecule has 1 radical (unpaired) electrons. The van der Waals surface area contributed by atoms with Crippen LogP contribution in [0.2, 0.25) is 0 Å². The molecular weight excluding hydrogens is 240 g/mol. The van der Waals surface area contributed by atoms with Crippen LogP contribution in [-0.4, -0.2) is 26.2 Å². The van der Waals surface area contributed by atoms with Crippen molar-refractivity contribution < 1.29 is 17.1 Å². The molecule has 0 bridgehead atoms. The van der Waals surface area contributed by atoms with Crippen LogP contribution in [0.1, 0.15) is 38.5 Å². The van der Waals surface area contributed by atoms with Crippen LogP contribution in [0.15, 0.2) is 0 Å². The third-order valence-corrected chi connectivity index (χ3v) is 1.71. The van der Waals surface area contributed by atoms with E-state index in [1.165, 1.54) is 0 Å². The second kappa shape index (κ2) is 23.9. The number of hydrogen-bond donors (Lipinski definition) is 0. The molecule has 97 valence electrons. The molecule has 0 saturated heterocycles. The van der Waals surface area contributed by atoms with Crippen molar-refractivity contribution >= 4 is 0 Å². The summed E-state index contributed by atoms with van der Waals surface area (Å²) in [5, 5.41) is 0. The number of rotatable bonds is 8. The smallest absolute Gasteiger partial charge is 0.677 e. The summed E-state index contributed by atoms with van der Waals surface area (Å²) in [6, 6.07) is 0. The molecule has 0 unspecified atom stereocenters. The van der Waals surface area contributed by atoms with Crippen molar-refractivity contribution in [1.29, 1.82) is 0 Å². The fourth-order valence-electron chi connectivity index (χ4n) is 0.854. The first-order valence-electron chi connectivity index (χ1n) is 5.41. The van der Waals surface area contributed by atoms with Gasteiger partial charge in [0.2, 0.25) is 0 Å². The second-order valence-corrected chi connectivity index (χ2v) is 3.12. The maximum Gasteiger partial charge on any atom is 2.00 e. The van der Waals surface area contributed by atoms with E-state index in [0.29, 0.717) is 26.2 Å². The van der Waals surface area contributed by atoms with Crippen LogP contribution in [-0.2, 0) is 17.1 Å². The predicted octanol–water partition coefficient (Wildman–Crippen LogP) is 4.52. The molecular formula is C10H24CuN4-2. The summed E-state index contributed by atoms with van der Waals surface area (Å²) >= 11 is 0. The van der Waals surface area contributed by atoms with Gasteiger partial charge in [0, 0.05) is 0 Å². The van der Waals surface area contributed by atoms with Crippen molar-refractivity contribution in [3.8, 4) is 0 Å². The van der Waals surface area contributed by atoms with Crippen molar-refractivity contribution in [3.63, 3.8) is 0 Å². The monoisotopic (exact) mass is 263 g/mol. The van der Waals surface area contributed by atoms with Gasteiger partial charge in [-0.1, -0.05) is 38.5 Å². The summed E-state index contributed by atoms with van der Waals surface area (Å²) in [6.07, 6.45) is 6.01. The van der Waals surface area contributed by atoms with Gasteiger partial charge in [-0.15, -0.1) is 0 Å². The molecule has 0 aliphatic heterocycles. The zero-order chi connectivity index (χ0) is 11.1. The second-order valence-electron chi connectivity index (χ2n) is 3.12. The summed E-state index contributed by atoms with van der Waals surface area (Å²) in [4.78, 5) is 0. The molecule has 0 heterocycles. The minimum absolute atomic E-state index is 0. The fraction of sp³-hybridized carbons (Fsp3) is 1.00. The van der Waals surface area contributed by atoms with E-state index in [1.807, 2.05) is 0 Å². The number of unbranched alkanes of at least 4 members (excludes halogenated alkanes) is 4. The summed E-state index contributed by atoms with van der Waals surface area (Å²) in [5.74, 6) is 0. The van der Waals surface area contributed by atoms with E-state index in [2.05, 4.69) is 0 Å². The minimum Gasteiger partial charge on any atom is -0.677 e. The molecule has 0 spiro atoms. The van der Waals surface area contributed by atoms with Gasteiger partial charge in [0.1, 0.15) is 0 Å². The van der Waals surface area contributed by atoms with Gasteiger partial charge in [-0.05, 0) is 0 Å². The normalized spacial score (nSPS) is 8.80. The Morgan fingerprint density at radius 2 is 0.600 bits per heavy atom. The van der Waals surface area contributed by atoms with Crippen LogP contribution in [0.4, 0.5) is 0 Å². The SMILES string of the molecule is [Cu+2].[NH-]CCCCC[NH-].[NH-]CCCCC[NH-]. The number of nitrogens with one attached hydrogen (secondary N) is 4. The van der Waals surface area contributed by atoms with E-state index in [4.69, 9.17) is 22.9 Å². The van der Waals surface area contributed by atoms with E-state index in [1.54, 1.807) is 0 Å². The van der Waals surface area contributed by atoms with Crippen molar-refractivity contribution in [2.45, 2.75) is 38.5 Å². The first-order valence-corrected chi connectivity index (χ1v) is 5.41. The standard InChI is InChI=1S/2C5H12N2.Cu/c2*6-4-2-1-3-5-7;/h2*6-7H,1-5H2;/q2*-2;+2. The molecule has 0 aliphatic carbocycles. The fourth-order valence-corrected chi connectivity index (χ4v) is 0.854. The largest absolute Gasteiger partial charge is 2.00 e. The van der Waals surface area contributed by atoms with E-state index >= 15 is 0 Å². The van der Waals surface area contributed by atoms with Crippen LogP contribution in [0.25, 0.3) is 22.9 Å². The van der Waals surface area contributed by atoms with Crippen molar-refractivity contribution in [3.05, 3.63) is 22.9 Å². The van der Waals surface area contributed by atoms with E-state index in [-0.39, 0.29) is 17.1 Å². The molecule has 0 aromatic carbocycles. The third kappa shape index (κ3) is 31.4. The molecule has 0 amide bonds. The molecule has 5 heteroatoms. The zero-order valence-electron chi connectivity index (χ0n) is 9.37. The molecule has 0 rings (SSSR count). The van der Waals surface area contributed by atoms with Gasteiger partial charge in [0.25, 0.3) is 0 Å². The maximum absolute atomic E-state index is 6.72. The number of hydrogen-bond acceptors (Lipinski definition) is 0. The summed E-state index contributed by atoms with van der Waals surface area (Å²) < 4.78 is 0. The molecule has 0 fully saturated rings. The Morgan fingerprint density at radius 3 is 0.733 bits per heavy atom. The van der Waals surface area contributed by atoms with E-state index in [0.717, 1.165) is 38.5 Å². The summed E-state index contributed by atoms with van der Waals surface area (Å²) in [6.45, 7) is 2.11. The average Bonchev–Trinajstić information content (AvgIpc) is 2.21. The first-order chi connectivity index (χ1) is 6.83. The van der Waals surface area contributed by atoms with Crippen molar-refractivity contribution in [2.24, 2.45) is 0 Å². The van der Waals surface area contributed by atoms with Crippen LogP contribution in [0.3, 0.4) is 0 Å². The van der Waals surface area contributed by atoms with Gasteiger partial charge >= 0.3 is 17.1 Å². The van der Waals surface area contributed by atoms with Crippen molar-refractivity contribution in [1.82, 2.24) is 0 Å². The summed E-state index contributed by atoms with van der Waals surface area (Å²) in [5.41, 5.74) is 26.9. The Hall–Kier alpha value is 0.359. The Morgan fingerprint density at radius 1 is 0.400 bits per heavy atom. The Balaban J connectivity index is -0.000000180. The van der Waals surface area contributed by atoms with E-state index < -0.39 is 0 Å². The summed E-state index contributed by atoms with van der Waals surface area (Å²) in [7, 11) is 0. The molecule has 4 nitrogen and oxygen atoms in total. The predicted molar refractivity (Wildman–Crippen MR) is 64.5 cm³/mol. The van der Waals surface area contributed by atoms with Gasteiger partial charge in [-0.3, -0.25) is 0 Å². The zero-order valence-corrected chi connectivity index (χ0v) is 10.3. The Labute approximate surface area is 105 Å². The van der Waals surface area contributed by atoms with Crippen LogP contribution >= 0.6 is 0 Å². The van der Waals surface area contributed by atoms with E-state index in [9.17, 15) is 0 Å². The molecule has 15 heavy (non-hydrogen) atoms. The van der Waals surface area contributed by atoms with Crippen LogP contribution in [0.5, 0.6) is 0 Å². The average molecular weight is 264 g/mol. The van der Waals surface area contributed by atoms with Gasteiger partial charge in [-0.2, -0.15) is 26.2 Å². The van der Waals surface area contributed by atoms with Gasteiger partial charge < -0.3 is 22.9 Å². The third-order valence-electron chi connectivity index (χ3n) is 1.71. The first kappa shape index (κ1) is 20.7. The minimum atomic E-state index is 0.